The number of carbonyl (C=O) groups excluding carboxylic acids is 1. The molecular formula is C24H35IN4O2. The average Bonchev–Trinajstić information content (AvgIpc) is 2.74. The van der Waals surface area contributed by atoms with Crippen molar-refractivity contribution in [3.05, 3.63) is 65.2 Å². The molecule has 0 spiro atoms. The summed E-state index contributed by atoms with van der Waals surface area (Å²) in [5.41, 5.74) is 3.61. The van der Waals surface area contributed by atoms with Gasteiger partial charge in [0.15, 0.2) is 12.6 Å². The van der Waals surface area contributed by atoms with Crippen LogP contribution in [-0.2, 0) is 11.3 Å². The SMILES string of the molecule is CCNC(=NCc1cccc(OCC(=O)N(C)C)c1)NCC(C)c1cccc(C)c1.I. The standard InChI is InChI=1S/C24H34N4O2.HI/c1-6-25-24(26-15-19(3)21-11-7-9-18(2)13-21)27-16-20-10-8-12-22(14-20)30-17-23(29)28(4)5;/h7-14,19H,6,15-17H2,1-5H3,(H2,25,26,27);1H. The van der Waals surface area contributed by atoms with Crippen LogP contribution in [0.1, 0.15) is 36.5 Å². The maximum Gasteiger partial charge on any atom is 0.259 e. The number of nitrogens with one attached hydrogen (secondary N) is 2. The lowest BCUT2D eigenvalue weighted by molar-refractivity contribution is -0.130. The number of rotatable bonds is 9. The van der Waals surface area contributed by atoms with Crippen molar-refractivity contribution in [3.8, 4) is 5.75 Å². The smallest absolute Gasteiger partial charge is 0.259 e. The number of aliphatic imine (C=N–C) groups is 1. The zero-order chi connectivity index (χ0) is 21.9. The Labute approximate surface area is 203 Å². The monoisotopic (exact) mass is 538 g/mol. The van der Waals surface area contributed by atoms with Crippen molar-refractivity contribution in [2.75, 3.05) is 33.8 Å². The first-order valence-corrected chi connectivity index (χ1v) is 10.4. The topological polar surface area (TPSA) is 66.0 Å². The average molecular weight is 538 g/mol. The van der Waals surface area contributed by atoms with E-state index in [2.05, 4.69) is 55.7 Å². The first-order valence-electron chi connectivity index (χ1n) is 10.4. The maximum atomic E-state index is 11.7. The number of likely N-dealkylation sites (N-methyl/N-ethyl adjacent to an activating group) is 1. The van der Waals surface area contributed by atoms with Crippen LogP contribution in [0.5, 0.6) is 5.75 Å². The first kappa shape index (κ1) is 26.7. The van der Waals surface area contributed by atoms with Crippen LogP contribution in [0.4, 0.5) is 0 Å². The molecule has 170 valence electrons. The van der Waals surface area contributed by atoms with Gasteiger partial charge in [0.25, 0.3) is 5.91 Å². The van der Waals surface area contributed by atoms with Gasteiger partial charge in [0, 0.05) is 27.2 Å². The number of benzene rings is 2. The van der Waals surface area contributed by atoms with E-state index in [1.54, 1.807) is 14.1 Å². The third kappa shape index (κ3) is 9.59. The normalized spacial score (nSPS) is 11.8. The highest BCUT2D eigenvalue weighted by Gasteiger charge is 2.08. The highest BCUT2D eigenvalue weighted by atomic mass is 127. The molecule has 0 heterocycles. The van der Waals surface area contributed by atoms with Gasteiger partial charge in [-0.15, -0.1) is 24.0 Å². The van der Waals surface area contributed by atoms with Crippen LogP contribution in [0.25, 0.3) is 0 Å². The van der Waals surface area contributed by atoms with Gasteiger partial charge < -0.3 is 20.3 Å². The number of guanidine groups is 1. The molecule has 2 rings (SSSR count). The Kier molecular flexibility index (Phi) is 12.0. The van der Waals surface area contributed by atoms with Crippen LogP contribution < -0.4 is 15.4 Å². The molecule has 0 aliphatic rings. The highest BCUT2D eigenvalue weighted by molar-refractivity contribution is 14.0. The van der Waals surface area contributed by atoms with Gasteiger partial charge in [0.1, 0.15) is 5.75 Å². The van der Waals surface area contributed by atoms with Crippen LogP contribution in [0.3, 0.4) is 0 Å². The minimum atomic E-state index is -0.0696. The summed E-state index contributed by atoms with van der Waals surface area (Å²) in [5, 5.41) is 6.73. The van der Waals surface area contributed by atoms with Gasteiger partial charge in [0.05, 0.1) is 6.54 Å². The van der Waals surface area contributed by atoms with Gasteiger partial charge in [-0.05, 0) is 43.0 Å². The minimum Gasteiger partial charge on any atom is -0.484 e. The lowest BCUT2D eigenvalue weighted by atomic mass is 9.99. The fourth-order valence-electron chi connectivity index (χ4n) is 2.86. The van der Waals surface area contributed by atoms with Gasteiger partial charge >= 0.3 is 0 Å². The number of amides is 1. The molecule has 2 aromatic carbocycles. The Hall–Kier alpha value is -2.29. The van der Waals surface area contributed by atoms with Gasteiger partial charge in [-0.2, -0.15) is 0 Å². The molecule has 2 aromatic rings. The molecule has 0 aliphatic heterocycles. The Morgan fingerprint density at radius 1 is 1.13 bits per heavy atom. The van der Waals surface area contributed by atoms with E-state index in [1.165, 1.54) is 16.0 Å². The van der Waals surface area contributed by atoms with Crippen LogP contribution in [0.2, 0.25) is 0 Å². The third-order valence-electron chi connectivity index (χ3n) is 4.71. The predicted octanol–water partition coefficient (Wildman–Crippen LogP) is 3.94. The number of hydrogen-bond acceptors (Lipinski definition) is 3. The van der Waals surface area contributed by atoms with E-state index in [0.717, 1.165) is 24.6 Å². The van der Waals surface area contributed by atoms with Crippen molar-refractivity contribution in [3.63, 3.8) is 0 Å². The number of halogens is 1. The summed E-state index contributed by atoms with van der Waals surface area (Å²) in [4.78, 5) is 17.9. The number of nitrogens with zero attached hydrogens (tertiary/aromatic N) is 2. The number of aryl methyl sites for hydroxylation is 1. The Balaban J connectivity index is 0.00000480. The van der Waals surface area contributed by atoms with Gasteiger partial charge in [0.2, 0.25) is 0 Å². The number of carbonyl (C=O) groups is 1. The zero-order valence-electron chi connectivity index (χ0n) is 19.1. The summed E-state index contributed by atoms with van der Waals surface area (Å²) in [5.74, 6) is 1.76. The van der Waals surface area contributed by atoms with Crippen LogP contribution in [0, 0.1) is 6.92 Å². The molecule has 0 radical (unpaired) electrons. The van der Waals surface area contributed by atoms with Crippen molar-refractivity contribution >= 4 is 35.8 Å². The lowest BCUT2D eigenvalue weighted by Crippen LogP contribution is -2.39. The summed E-state index contributed by atoms with van der Waals surface area (Å²) in [6.07, 6.45) is 0. The van der Waals surface area contributed by atoms with E-state index >= 15 is 0 Å². The van der Waals surface area contributed by atoms with Crippen LogP contribution in [-0.4, -0.2) is 50.6 Å². The maximum absolute atomic E-state index is 11.7. The molecule has 1 atom stereocenters. The molecule has 1 amide bonds. The molecule has 0 fully saturated rings. The quantitative estimate of drug-likeness (QED) is 0.289. The lowest BCUT2D eigenvalue weighted by Gasteiger charge is -2.17. The molecule has 1 unspecified atom stereocenters. The highest BCUT2D eigenvalue weighted by Crippen LogP contribution is 2.16. The second-order valence-corrected chi connectivity index (χ2v) is 7.62. The Morgan fingerprint density at radius 3 is 2.55 bits per heavy atom. The zero-order valence-corrected chi connectivity index (χ0v) is 21.5. The van der Waals surface area contributed by atoms with E-state index < -0.39 is 0 Å². The predicted molar refractivity (Wildman–Crippen MR) is 138 cm³/mol. The first-order chi connectivity index (χ1) is 14.4. The largest absolute Gasteiger partial charge is 0.484 e. The minimum absolute atomic E-state index is 0. The van der Waals surface area contributed by atoms with E-state index in [1.807, 2.05) is 24.3 Å². The Morgan fingerprint density at radius 2 is 1.87 bits per heavy atom. The second kappa shape index (κ2) is 13.9. The number of ether oxygens (including phenoxy) is 1. The summed E-state index contributed by atoms with van der Waals surface area (Å²) in [7, 11) is 3.43. The van der Waals surface area contributed by atoms with E-state index in [-0.39, 0.29) is 36.5 Å². The molecule has 7 heteroatoms. The van der Waals surface area contributed by atoms with Crippen molar-refractivity contribution in [2.45, 2.75) is 33.2 Å². The summed E-state index contributed by atoms with van der Waals surface area (Å²) in [6, 6.07) is 16.3. The van der Waals surface area contributed by atoms with Crippen molar-refractivity contribution in [2.24, 2.45) is 4.99 Å². The van der Waals surface area contributed by atoms with Crippen LogP contribution >= 0.6 is 24.0 Å². The van der Waals surface area contributed by atoms with Crippen molar-refractivity contribution in [1.82, 2.24) is 15.5 Å². The molecule has 31 heavy (non-hydrogen) atoms. The third-order valence-corrected chi connectivity index (χ3v) is 4.71. The van der Waals surface area contributed by atoms with Gasteiger partial charge in [-0.25, -0.2) is 4.99 Å². The number of hydrogen-bond donors (Lipinski definition) is 2. The van der Waals surface area contributed by atoms with Crippen molar-refractivity contribution in [1.29, 1.82) is 0 Å². The molecule has 0 saturated heterocycles. The Bertz CT molecular complexity index is 855. The fraction of sp³-hybridized carbons (Fsp3) is 0.417. The summed E-state index contributed by atoms with van der Waals surface area (Å²) >= 11 is 0. The molecular weight excluding hydrogens is 503 g/mol. The van der Waals surface area contributed by atoms with Gasteiger partial charge in [-0.3, -0.25) is 4.79 Å². The summed E-state index contributed by atoms with van der Waals surface area (Å²) < 4.78 is 5.59. The van der Waals surface area contributed by atoms with E-state index in [9.17, 15) is 4.79 Å². The van der Waals surface area contributed by atoms with Crippen molar-refractivity contribution < 1.29 is 9.53 Å². The molecule has 0 bridgehead atoms. The molecule has 6 nitrogen and oxygen atoms in total. The summed E-state index contributed by atoms with van der Waals surface area (Å²) in [6.45, 7) is 8.52. The second-order valence-electron chi connectivity index (χ2n) is 7.62. The molecule has 2 N–H and O–H groups in total. The molecule has 0 saturated carbocycles. The molecule has 0 aromatic heterocycles. The molecule has 0 aliphatic carbocycles. The van der Waals surface area contributed by atoms with Gasteiger partial charge in [-0.1, -0.05) is 48.9 Å². The van der Waals surface area contributed by atoms with E-state index in [0.29, 0.717) is 18.2 Å². The van der Waals surface area contributed by atoms with E-state index in [4.69, 9.17) is 9.73 Å². The fourth-order valence-corrected chi connectivity index (χ4v) is 2.86. The van der Waals surface area contributed by atoms with Crippen LogP contribution in [0.15, 0.2) is 53.5 Å².